The van der Waals surface area contributed by atoms with E-state index in [9.17, 15) is 4.79 Å². The van der Waals surface area contributed by atoms with E-state index >= 15 is 0 Å². The molecular formula is C19H22N2O4. The third-order valence-electron chi connectivity index (χ3n) is 3.61. The van der Waals surface area contributed by atoms with Crippen LogP contribution < -0.4 is 24.8 Å². The summed E-state index contributed by atoms with van der Waals surface area (Å²) in [5.41, 5.74) is 1.84. The van der Waals surface area contributed by atoms with Gasteiger partial charge in [-0.1, -0.05) is 6.07 Å². The Hall–Kier alpha value is -2.89. The third kappa shape index (κ3) is 4.79. The van der Waals surface area contributed by atoms with E-state index in [1.165, 1.54) is 0 Å². The van der Waals surface area contributed by atoms with Gasteiger partial charge in [-0.05, 0) is 55.8 Å². The van der Waals surface area contributed by atoms with Crippen LogP contribution in [0.15, 0.2) is 42.5 Å². The largest absolute Gasteiger partial charge is 0.491 e. The van der Waals surface area contributed by atoms with Crippen LogP contribution in [0.1, 0.15) is 19.4 Å². The number of ether oxygens (including phenoxy) is 3. The molecule has 0 bridgehead atoms. The van der Waals surface area contributed by atoms with Gasteiger partial charge in [0, 0.05) is 12.2 Å². The van der Waals surface area contributed by atoms with E-state index in [1.54, 1.807) is 0 Å². The molecule has 0 unspecified atom stereocenters. The zero-order valence-electron chi connectivity index (χ0n) is 14.4. The van der Waals surface area contributed by atoms with Crippen molar-refractivity contribution in [3.05, 3.63) is 48.0 Å². The number of anilines is 1. The molecule has 1 heterocycles. The van der Waals surface area contributed by atoms with Crippen molar-refractivity contribution in [2.45, 2.75) is 26.5 Å². The Labute approximate surface area is 147 Å². The number of carbonyl (C=O) groups excluding carboxylic acids is 1. The minimum Gasteiger partial charge on any atom is -0.491 e. The first-order chi connectivity index (χ1) is 12.1. The first kappa shape index (κ1) is 17.0. The van der Waals surface area contributed by atoms with E-state index in [-0.39, 0.29) is 25.3 Å². The van der Waals surface area contributed by atoms with Gasteiger partial charge in [-0.15, -0.1) is 0 Å². The number of nitrogens with one attached hydrogen (secondary N) is 2. The molecule has 6 nitrogen and oxygen atoms in total. The summed E-state index contributed by atoms with van der Waals surface area (Å²) < 4.78 is 16.2. The summed E-state index contributed by atoms with van der Waals surface area (Å²) in [5, 5.41) is 5.97. The fraction of sp³-hybridized carbons (Fsp3) is 0.316. The first-order valence-corrected chi connectivity index (χ1v) is 8.26. The van der Waals surface area contributed by atoms with Gasteiger partial charge in [-0.25, -0.2) is 0 Å². The Morgan fingerprint density at radius 3 is 2.64 bits per heavy atom. The summed E-state index contributed by atoms with van der Waals surface area (Å²) in [7, 11) is 0. The Morgan fingerprint density at radius 2 is 1.88 bits per heavy atom. The number of hydrogen-bond acceptors (Lipinski definition) is 5. The molecule has 2 aromatic rings. The molecule has 2 N–H and O–H groups in total. The van der Waals surface area contributed by atoms with Gasteiger partial charge in [0.2, 0.25) is 12.7 Å². The average Bonchev–Trinajstić information content (AvgIpc) is 3.06. The molecule has 132 valence electrons. The van der Waals surface area contributed by atoms with Gasteiger partial charge in [0.25, 0.3) is 0 Å². The van der Waals surface area contributed by atoms with Gasteiger partial charge >= 0.3 is 0 Å². The second kappa shape index (κ2) is 7.79. The predicted molar refractivity (Wildman–Crippen MR) is 95.1 cm³/mol. The van der Waals surface area contributed by atoms with Crippen LogP contribution >= 0.6 is 0 Å². The summed E-state index contributed by atoms with van der Waals surface area (Å²) in [6.07, 6.45) is 0.140. The number of hydrogen-bond donors (Lipinski definition) is 2. The van der Waals surface area contributed by atoms with Crippen LogP contribution in [-0.2, 0) is 11.3 Å². The molecule has 6 heteroatoms. The summed E-state index contributed by atoms with van der Waals surface area (Å²) in [6.45, 7) is 4.86. The quantitative estimate of drug-likeness (QED) is 0.810. The van der Waals surface area contributed by atoms with E-state index in [0.29, 0.717) is 12.3 Å². The average molecular weight is 342 g/mol. The number of rotatable bonds is 7. The predicted octanol–water partition coefficient (Wildman–Crippen LogP) is 2.93. The number of carbonyl (C=O) groups is 1. The highest BCUT2D eigenvalue weighted by atomic mass is 16.7. The van der Waals surface area contributed by atoms with Crippen LogP contribution in [0.2, 0.25) is 0 Å². The normalized spacial score (nSPS) is 12.1. The molecule has 0 atom stereocenters. The lowest BCUT2D eigenvalue weighted by atomic mass is 10.2. The lowest BCUT2D eigenvalue weighted by Crippen LogP contribution is -2.29. The number of benzene rings is 2. The van der Waals surface area contributed by atoms with E-state index in [0.717, 1.165) is 22.7 Å². The van der Waals surface area contributed by atoms with Crippen molar-refractivity contribution in [3.8, 4) is 17.2 Å². The standard InChI is InChI=1S/C19H22N2O4/c1-13(2)25-16-6-4-15(5-7-16)20-11-19(22)21-10-14-3-8-17-18(9-14)24-12-23-17/h3-9,13,20H,10-12H2,1-2H3,(H,21,22). The van der Waals surface area contributed by atoms with Gasteiger partial charge in [0.15, 0.2) is 11.5 Å². The molecule has 0 saturated carbocycles. The molecule has 0 fully saturated rings. The molecule has 3 rings (SSSR count). The molecule has 0 aromatic heterocycles. The smallest absolute Gasteiger partial charge is 0.239 e. The fourth-order valence-corrected chi connectivity index (χ4v) is 2.42. The fourth-order valence-electron chi connectivity index (χ4n) is 2.42. The summed E-state index contributed by atoms with van der Waals surface area (Å²) in [4.78, 5) is 12.0. The van der Waals surface area contributed by atoms with Gasteiger partial charge in [0.1, 0.15) is 5.75 Å². The van der Waals surface area contributed by atoms with E-state index in [1.807, 2.05) is 56.3 Å². The summed E-state index contributed by atoms with van der Waals surface area (Å²) in [6, 6.07) is 13.2. The molecule has 1 amide bonds. The van der Waals surface area contributed by atoms with Crippen LogP contribution in [0.3, 0.4) is 0 Å². The van der Waals surface area contributed by atoms with Gasteiger partial charge in [0.05, 0.1) is 12.6 Å². The molecule has 25 heavy (non-hydrogen) atoms. The molecule has 0 aliphatic carbocycles. The zero-order valence-corrected chi connectivity index (χ0v) is 14.4. The van der Waals surface area contributed by atoms with E-state index in [2.05, 4.69) is 10.6 Å². The molecule has 0 saturated heterocycles. The topological polar surface area (TPSA) is 68.8 Å². The lowest BCUT2D eigenvalue weighted by molar-refractivity contribution is -0.119. The van der Waals surface area contributed by atoms with Crippen LogP contribution in [0.25, 0.3) is 0 Å². The molecule has 0 spiro atoms. The van der Waals surface area contributed by atoms with Crippen molar-refractivity contribution in [1.82, 2.24) is 5.32 Å². The molecular weight excluding hydrogens is 320 g/mol. The van der Waals surface area contributed by atoms with Gasteiger partial charge in [-0.2, -0.15) is 0 Å². The lowest BCUT2D eigenvalue weighted by Gasteiger charge is -2.11. The highest BCUT2D eigenvalue weighted by Crippen LogP contribution is 2.32. The van der Waals surface area contributed by atoms with Crippen LogP contribution in [0, 0.1) is 0 Å². The van der Waals surface area contributed by atoms with E-state index < -0.39 is 0 Å². The highest BCUT2D eigenvalue weighted by Gasteiger charge is 2.13. The van der Waals surface area contributed by atoms with Crippen LogP contribution in [0.4, 0.5) is 5.69 Å². The van der Waals surface area contributed by atoms with Crippen molar-refractivity contribution < 1.29 is 19.0 Å². The Morgan fingerprint density at radius 1 is 1.12 bits per heavy atom. The minimum atomic E-state index is -0.0832. The van der Waals surface area contributed by atoms with E-state index in [4.69, 9.17) is 14.2 Å². The van der Waals surface area contributed by atoms with Crippen molar-refractivity contribution >= 4 is 11.6 Å². The van der Waals surface area contributed by atoms with Crippen LogP contribution in [-0.4, -0.2) is 25.3 Å². The second-order valence-electron chi connectivity index (χ2n) is 6.01. The minimum absolute atomic E-state index is 0.0832. The van der Waals surface area contributed by atoms with Crippen molar-refractivity contribution in [1.29, 1.82) is 0 Å². The third-order valence-corrected chi connectivity index (χ3v) is 3.61. The SMILES string of the molecule is CC(C)Oc1ccc(NCC(=O)NCc2ccc3c(c2)OCO3)cc1. The molecule has 1 aliphatic heterocycles. The Bertz CT molecular complexity index is 729. The maximum Gasteiger partial charge on any atom is 0.239 e. The summed E-state index contributed by atoms with van der Waals surface area (Å²) >= 11 is 0. The molecule has 2 aromatic carbocycles. The Balaban J connectivity index is 1.43. The maximum absolute atomic E-state index is 12.0. The maximum atomic E-state index is 12.0. The Kier molecular flexibility index (Phi) is 5.28. The van der Waals surface area contributed by atoms with Crippen LogP contribution in [0.5, 0.6) is 17.2 Å². The number of fused-ring (bicyclic) bond motifs is 1. The second-order valence-corrected chi connectivity index (χ2v) is 6.01. The highest BCUT2D eigenvalue weighted by molar-refractivity contribution is 5.80. The molecule has 0 radical (unpaired) electrons. The van der Waals surface area contributed by atoms with Crippen molar-refractivity contribution in [3.63, 3.8) is 0 Å². The monoisotopic (exact) mass is 342 g/mol. The first-order valence-electron chi connectivity index (χ1n) is 8.26. The summed E-state index contributed by atoms with van der Waals surface area (Å²) in [5.74, 6) is 2.18. The molecule has 1 aliphatic rings. The van der Waals surface area contributed by atoms with Crippen molar-refractivity contribution in [2.75, 3.05) is 18.7 Å². The van der Waals surface area contributed by atoms with Gasteiger partial charge in [-0.3, -0.25) is 4.79 Å². The van der Waals surface area contributed by atoms with Crippen molar-refractivity contribution in [2.24, 2.45) is 0 Å². The number of amides is 1. The zero-order chi connectivity index (χ0) is 17.6. The van der Waals surface area contributed by atoms with Gasteiger partial charge < -0.3 is 24.8 Å².